The van der Waals surface area contributed by atoms with Crippen LogP contribution in [0, 0.1) is 5.82 Å². The topological polar surface area (TPSA) is 58.2 Å². The van der Waals surface area contributed by atoms with Crippen LogP contribution in [0.3, 0.4) is 0 Å². The first-order chi connectivity index (χ1) is 13.7. The van der Waals surface area contributed by atoms with Crippen LogP contribution in [0.15, 0.2) is 66.7 Å². The number of carbonyl (C=O) groups is 1. The number of nitrogens with one attached hydrogen (secondary N) is 1. The fraction of sp³-hybridized carbons (Fsp3) is 0.182. The second-order valence-corrected chi connectivity index (χ2v) is 6.59. The van der Waals surface area contributed by atoms with E-state index < -0.39 is 5.82 Å². The molecular weight excluding hydrogens is 357 g/mol. The fourth-order valence-electron chi connectivity index (χ4n) is 3.19. The summed E-state index contributed by atoms with van der Waals surface area (Å²) in [7, 11) is 0. The average molecular weight is 377 g/mol. The Morgan fingerprint density at radius 1 is 1.14 bits per heavy atom. The second kappa shape index (κ2) is 8.08. The molecule has 1 aliphatic heterocycles. The molecule has 0 bridgehead atoms. The van der Waals surface area contributed by atoms with Crippen molar-refractivity contribution in [2.45, 2.75) is 13.0 Å². The largest absolute Gasteiger partial charge is 0.484 e. The smallest absolute Gasteiger partial charge is 0.274 e. The molecule has 1 aromatic heterocycles. The maximum Gasteiger partial charge on any atom is 0.274 e. The van der Waals surface area contributed by atoms with Crippen molar-refractivity contribution in [1.82, 2.24) is 15.1 Å². The van der Waals surface area contributed by atoms with Gasteiger partial charge in [0.2, 0.25) is 0 Å². The van der Waals surface area contributed by atoms with Gasteiger partial charge in [-0.1, -0.05) is 48.5 Å². The van der Waals surface area contributed by atoms with Crippen molar-refractivity contribution in [3.05, 3.63) is 89.5 Å². The van der Waals surface area contributed by atoms with Gasteiger partial charge < -0.3 is 9.64 Å². The number of amides is 1. The number of carbonyl (C=O) groups excluding carboxylic acids is 1. The van der Waals surface area contributed by atoms with Crippen molar-refractivity contribution in [2.75, 3.05) is 13.1 Å². The monoisotopic (exact) mass is 377 g/mol. The predicted molar refractivity (Wildman–Crippen MR) is 104 cm³/mol. The van der Waals surface area contributed by atoms with E-state index in [2.05, 4.69) is 28.4 Å². The SMILES string of the molecule is O=C(c1cc(COc2ccccc2F)[nH]n1)N1CC=C(c2ccccc2)CC1. The van der Waals surface area contributed by atoms with E-state index in [1.807, 2.05) is 18.2 Å². The van der Waals surface area contributed by atoms with Gasteiger partial charge in [0.05, 0.1) is 5.69 Å². The van der Waals surface area contributed by atoms with E-state index in [1.54, 1.807) is 29.2 Å². The molecule has 0 unspecified atom stereocenters. The summed E-state index contributed by atoms with van der Waals surface area (Å²) in [6, 6.07) is 18.0. The molecule has 28 heavy (non-hydrogen) atoms. The first-order valence-electron chi connectivity index (χ1n) is 9.16. The lowest BCUT2D eigenvalue weighted by molar-refractivity contribution is 0.0767. The molecule has 0 saturated heterocycles. The van der Waals surface area contributed by atoms with Crippen LogP contribution in [0.4, 0.5) is 4.39 Å². The van der Waals surface area contributed by atoms with Crippen molar-refractivity contribution < 1.29 is 13.9 Å². The maximum absolute atomic E-state index is 13.6. The van der Waals surface area contributed by atoms with E-state index in [4.69, 9.17) is 4.74 Å². The number of aromatic amines is 1. The summed E-state index contributed by atoms with van der Waals surface area (Å²) in [4.78, 5) is 14.5. The van der Waals surface area contributed by atoms with Crippen LogP contribution >= 0.6 is 0 Å². The molecular formula is C22H20FN3O2. The van der Waals surface area contributed by atoms with Gasteiger partial charge in [-0.25, -0.2) is 4.39 Å². The lowest BCUT2D eigenvalue weighted by atomic mass is 9.99. The highest BCUT2D eigenvalue weighted by Gasteiger charge is 2.21. The molecule has 0 atom stereocenters. The summed E-state index contributed by atoms with van der Waals surface area (Å²) in [5.41, 5.74) is 3.40. The van der Waals surface area contributed by atoms with Crippen molar-refractivity contribution in [2.24, 2.45) is 0 Å². The Labute approximate surface area is 162 Å². The van der Waals surface area contributed by atoms with Crippen LogP contribution in [-0.2, 0) is 6.61 Å². The second-order valence-electron chi connectivity index (χ2n) is 6.59. The number of para-hydroxylation sites is 1. The first kappa shape index (κ1) is 18.0. The highest BCUT2D eigenvalue weighted by Crippen LogP contribution is 2.23. The number of aromatic nitrogens is 2. The van der Waals surface area contributed by atoms with E-state index in [-0.39, 0.29) is 18.3 Å². The quantitative estimate of drug-likeness (QED) is 0.730. The number of H-pyrrole nitrogens is 1. The summed E-state index contributed by atoms with van der Waals surface area (Å²) in [6.07, 6.45) is 2.90. The maximum atomic E-state index is 13.6. The van der Waals surface area contributed by atoms with Gasteiger partial charge in [-0.15, -0.1) is 0 Å². The molecule has 6 heteroatoms. The van der Waals surface area contributed by atoms with E-state index in [1.165, 1.54) is 17.2 Å². The summed E-state index contributed by atoms with van der Waals surface area (Å²) in [6.45, 7) is 1.31. The minimum Gasteiger partial charge on any atom is -0.484 e. The highest BCUT2D eigenvalue weighted by atomic mass is 19.1. The third-order valence-corrected chi connectivity index (χ3v) is 4.71. The molecule has 2 heterocycles. The molecule has 4 rings (SSSR count). The van der Waals surface area contributed by atoms with Gasteiger partial charge in [0, 0.05) is 13.1 Å². The van der Waals surface area contributed by atoms with Crippen LogP contribution in [0.2, 0.25) is 0 Å². The molecule has 0 aliphatic carbocycles. The van der Waals surface area contributed by atoms with Gasteiger partial charge in [-0.3, -0.25) is 9.89 Å². The number of halogens is 1. The number of hydrogen-bond donors (Lipinski definition) is 1. The molecule has 3 aromatic rings. The van der Waals surface area contributed by atoms with Crippen LogP contribution in [0.5, 0.6) is 5.75 Å². The Kier molecular flexibility index (Phi) is 5.19. The number of nitrogens with zero attached hydrogens (tertiary/aromatic N) is 2. The van der Waals surface area contributed by atoms with Crippen LogP contribution in [-0.4, -0.2) is 34.1 Å². The Bertz CT molecular complexity index is 998. The molecule has 1 N–H and O–H groups in total. The third-order valence-electron chi connectivity index (χ3n) is 4.71. The van der Waals surface area contributed by atoms with Crippen molar-refractivity contribution in [3.8, 4) is 5.75 Å². The highest BCUT2D eigenvalue weighted by molar-refractivity contribution is 5.93. The number of rotatable bonds is 5. The summed E-state index contributed by atoms with van der Waals surface area (Å²) < 4.78 is 19.0. The van der Waals surface area contributed by atoms with Gasteiger partial charge in [0.1, 0.15) is 6.61 Å². The summed E-state index contributed by atoms with van der Waals surface area (Å²) >= 11 is 0. The predicted octanol–water partition coefficient (Wildman–Crippen LogP) is 4.06. The Balaban J connectivity index is 1.37. The molecule has 5 nitrogen and oxygen atoms in total. The number of ether oxygens (including phenoxy) is 1. The standard InChI is InChI=1S/C22H20FN3O2/c23-19-8-4-5-9-21(19)28-15-18-14-20(25-24-18)22(27)26-12-10-17(11-13-26)16-6-2-1-3-7-16/h1-10,14H,11-13,15H2,(H,24,25). The minimum absolute atomic E-state index is 0.110. The Hall–Kier alpha value is -3.41. The van der Waals surface area contributed by atoms with E-state index >= 15 is 0 Å². The number of benzene rings is 2. The van der Waals surface area contributed by atoms with Gasteiger partial charge in [-0.2, -0.15) is 5.10 Å². The van der Waals surface area contributed by atoms with E-state index in [0.717, 1.165) is 6.42 Å². The summed E-state index contributed by atoms with van der Waals surface area (Å²) in [5.74, 6) is -0.385. The van der Waals surface area contributed by atoms with Crippen molar-refractivity contribution in [1.29, 1.82) is 0 Å². The van der Waals surface area contributed by atoms with Gasteiger partial charge in [-0.05, 0) is 35.8 Å². The minimum atomic E-state index is -0.423. The lowest BCUT2D eigenvalue weighted by Crippen LogP contribution is -2.34. The Morgan fingerprint density at radius 3 is 2.68 bits per heavy atom. The fourth-order valence-corrected chi connectivity index (χ4v) is 3.19. The van der Waals surface area contributed by atoms with Crippen LogP contribution in [0.25, 0.3) is 5.57 Å². The molecule has 0 spiro atoms. The number of hydrogen-bond acceptors (Lipinski definition) is 3. The molecule has 2 aromatic carbocycles. The van der Waals surface area contributed by atoms with E-state index in [0.29, 0.717) is 24.5 Å². The molecule has 1 aliphatic rings. The molecule has 0 fully saturated rings. The molecule has 0 radical (unpaired) electrons. The molecule has 0 saturated carbocycles. The van der Waals surface area contributed by atoms with Crippen molar-refractivity contribution in [3.63, 3.8) is 0 Å². The third kappa shape index (κ3) is 3.96. The molecule has 1 amide bonds. The summed E-state index contributed by atoms with van der Waals surface area (Å²) in [5, 5.41) is 6.88. The van der Waals surface area contributed by atoms with Gasteiger partial charge in [0.15, 0.2) is 17.3 Å². The van der Waals surface area contributed by atoms with Crippen LogP contribution < -0.4 is 4.74 Å². The average Bonchev–Trinajstić information content (AvgIpc) is 3.22. The van der Waals surface area contributed by atoms with Crippen LogP contribution in [0.1, 0.15) is 28.2 Å². The zero-order valence-electron chi connectivity index (χ0n) is 15.3. The zero-order valence-corrected chi connectivity index (χ0v) is 15.3. The normalized spacial score (nSPS) is 13.9. The van der Waals surface area contributed by atoms with Gasteiger partial charge in [0.25, 0.3) is 5.91 Å². The lowest BCUT2D eigenvalue weighted by Gasteiger charge is -2.26. The first-order valence-corrected chi connectivity index (χ1v) is 9.16. The van der Waals surface area contributed by atoms with E-state index in [9.17, 15) is 9.18 Å². The van der Waals surface area contributed by atoms with Gasteiger partial charge >= 0.3 is 0 Å². The zero-order chi connectivity index (χ0) is 19.3. The van der Waals surface area contributed by atoms with Crippen molar-refractivity contribution >= 4 is 11.5 Å². The Morgan fingerprint density at radius 2 is 1.93 bits per heavy atom. The molecule has 142 valence electrons.